The monoisotopic (exact) mass is 458 g/mol. The number of rotatable bonds is 7. The molecule has 2 aromatic heterocycles. The average molecular weight is 459 g/mol. The van der Waals surface area contributed by atoms with E-state index in [-0.39, 0.29) is 16.8 Å². The van der Waals surface area contributed by atoms with Crippen LogP contribution in [0, 0.1) is 6.92 Å². The Morgan fingerprint density at radius 2 is 1.97 bits per heavy atom. The highest BCUT2D eigenvalue weighted by Crippen LogP contribution is 2.42. The summed E-state index contributed by atoms with van der Waals surface area (Å²) >= 11 is 2.86. The number of hydrogen-bond acceptors (Lipinski definition) is 6. The lowest BCUT2D eigenvalue weighted by Gasteiger charge is -2.37. The van der Waals surface area contributed by atoms with Crippen molar-refractivity contribution in [1.29, 1.82) is 0 Å². The van der Waals surface area contributed by atoms with E-state index in [1.165, 1.54) is 16.9 Å². The fourth-order valence-corrected chi connectivity index (χ4v) is 5.79. The number of carbonyl (C=O) groups excluding carboxylic acids is 1. The summed E-state index contributed by atoms with van der Waals surface area (Å²) in [6, 6.07) is 8.00. The minimum atomic E-state index is -0.137. The highest BCUT2D eigenvalue weighted by atomic mass is 32.1. The first-order valence-corrected chi connectivity index (χ1v) is 12.0. The highest BCUT2D eigenvalue weighted by molar-refractivity contribution is 7.10. The molecule has 4 rings (SSSR count). The number of nitrogens with zero attached hydrogens (tertiary/aromatic N) is 2. The topological polar surface area (TPSA) is 60.8 Å². The first-order valence-electron chi connectivity index (χ1n) is 10.3. The highest BCUT2D eigenvalue weighted by Gasteiger charge is 2.33. The number of thiophene rings is 1. The van der Waals surface area contributed by atoms with Crippen LogP contribution < -0.4 is 14.3 Å². The van der Waals surface area contributed by atoms with Crippen LogP contribution in [0.15, 0.2) is 39.8 Å². The molecule has 0 aliphatic carbocycles. The Morgan fingerprint density at radius 3 is 2.61 bits per heavy atom. The third-order valence-electron chi connectivity index (χ3n) is 5.76. The van der Waals surface area contributed by atoms with Crippen LogP contribution in [0.3, 0.4) is 0 Å². The zero-order chi connectivity index (χ0) is 22.0. The van der Waals surface area contributed by atoms with Gasteiger partial charge in [-0.2, -0.15) is 0 Å². The Bertz CT molecular complexity index is 1120. The Kier molecular flexibility index (Phi) is 6.48. The van der Waals surface area contributed by atoms with Gasteiger partial charge in [-0.1, -0.05) is 17.4 Å². The normalized spacial score (nSPS) is 15.6. The summed E-state index contributed by atoms with van der Waals surface area (Å²) in [5, 5.41) is 3.90. The molecule has 0 saturated heterocycles. The van der Waals surface area contributed by atoms with Crippen molar-refractivity contribution >= 4 is 28.6 Å². The van der Waals surface area contributed by atoms with Gasteiger partial charge in [0.25, 0.3) is 0 Å². The van der Waals surface area contributed by atoms with Gasteiger partial charge in [-0.3, -0.25) is 9.59 Å². The molecule has 0 spiro atoms. The van der Waals surface area contributed by atoms with E-state index >= 15 is 0 Å². The van der Waals surface area contributed by atoms with Crippen LogP contribution in [0.1, 0.15) is 40.6 Å². The van der Waals surface area contributed by atoms with E-state index in [0.717, 1.165) is 22.6 Å². The summed E-state index contributed by atoms with van der Waals surface area (Å²) in [6.07, 6.45) is 1.82. The van der Waals surface area contributed by atoms with Crippen molar-refractivity contribution in [2.24, 2.45) is 0 Å². The van der Waals surface area contributed by atoms with Crippen LogP contribution in [0.2, 0.25) is 0 Å². The molecule has 0 bridgehead atoms. The van der Waals surface area contributed by atoms with Gasteiger partial charge in [0.05, 0.1) is 20.3 Å². The first-order chi connectivity index (χ1) is 15.0. The molecule has 6 nitrogen and oxygen atoms in total. The number of amides is 1. The summed E-state index contributed by atoms with van der Waals surface area (Å²) in [6.45, 7) is 3.15. The fraction of sp³-hybridized carbons (Fsp3) is 0.391. The quantitative estimate of drug-likeness (QED) is 0.531. The lowest BCUT2D eigenvalue weighted by Crippen LogP contribution is -2.40. The molecule has 8 heteroatoms. The Labute approximate surface area is 189 Å². The maximum absolute atomic E-state index is 13.3. The van der Waals surface area contributed by atoms with Crippen LogP contribution in [0.5, 0.6) is 11.5 Å². The van der Waals surface area contributed by atoms with Crippen molar-refractivity contribution in [3.63, 3.8) is 0 Å². The Balaban J connectivity index is 1.59. The third kappa shape index (κ3) is 4.27. The molecular weight excluding hydrogens is 432 g/mol. The lowest BCUT2D eigenvalue weighted by atomic mass is 9.90. The number of aryl methyl sites for hydroxylation is 1. The number of carbonyl (C=O) groups is 1. The van der Waals surface area contributed by atoms with Gasteiger partial charge in [0.1, 0.15) is 0 Å². The van der Waals surface area contributed by atoms with Crippen molar-refractivity contribution in [1.82, 2.24) is 9.47 Å². The van der Waals surface area contributed by atoms with Crippen molar-refractivity contribution in [2.75, 3.05) is 20.8 Å². The van der Waals surface area contributed by atoms with E-state index < -0.39 is 0 Å². The van der Waals surface area contributed by atoms with Crippen molar-refractivity contribution in [2.45, 2.75) is 38.8 Å². The van der Waals surface area contributed by atoms with Gasteiger partial charge in [-0.05, 0) is 54.5 Å². The number of hydrogen-bond donors (Lipinski definition) is 0. The van der Waals surface area contributed by atoms with Gasteiger partial charge in [-0.15, -0.1) is 11.3 Å². The van der Waals surface area contributed by atoms with Gasteiger partial charge in [0.2, 0.25) is 5.91 Å². The van der Waals surface area contributed by atoms with Crippen LogP contribution >= 0.6 is 22.7 Å². The van der Waals surface area contributed by atoms with Gasteiger partial charge in [0, 0.05) is 35.5 Å². The van der Waals surface area contributed by atoms with E-state index in [2.05, 4.69) is 6.07 Å². The van der Waals surface area contributed by atoms with E-state index in [1.54, 1.807) is 30.1 Å². The predicted molar refractivity (Wildman–Crippen MR) is 124 cm³/mol. The lowest BCUT2D eigenvalue weighted by molar-refractivity contribution is -0.133. The standard InChI is InChI=1S/C23H26N2O4S2/c1-15-14-31-23(27)24(15)9-4-7-21(26)25-10-8-16-12-18(28-2)19(29-3)13-17(16)22(25)20-6-5-11-30-20/h5-6,11-14,22H,4,7-10H2,1-3H3/t22-/m0/s1. The average Bonchev–Trinajstić information content (AvgIpc) is 3.42. The summed E-state index contributed by atoms with van der Waals surface area (Å²) in [7, 11) is 3.27. The molecule has 3 heterocycles. The summed E-state index contributed by atoms with van der Waals surface area (Å²) in [5.74, 6) is 1.49. The SMILES string of the molecule is COc1cc2c(cc1OC)[C@@H](c1cccs1)N(C(=O)CCCn1c(C)csc1=O)CC2. The molecule has 3 aromatic rings. The zero-order valence-corrected chi connectivity index (χ0v) is 19.6. The molecule has 1 amide bonds. The van der Waals surface area contributed by atoms with Crippen molar-refractivity contribution < 1.29 is 14.3 Å². The Morgan fingerprint density at radius 1 is 1.19 bits per heavy atom. The van der Waals surface area contributed by atoms with E-state index in [0.29, 0.717) is 37.4 Å². The minimum absolute atomic E-state index is 0.0364. The molecule has 0 N–H and O–H groups in total. The molecule has 0 fully saturated rings. The molecule has 1 aliphatic rings. The molecular formula is C23H26N2O4S2. The summed E-state index contributed by atoms with van der Waals surface area (Å²) < 4.78 is 12.8. The van der Waals surface area contributed by atoms with Gasteiger partial charge in [-0.25, -0.2) is 0 Å². The van der Waals surface area contributed by atoms with Crippen LogP contribution in [-0.4, -0.2) is 36.1 Å². The van der Waals surface area contributed by atoms with Crippen LogP contribution in [0.4, 0.5) is 0 Å². The second kappa shape index (κ2) is 9.28. The zero-order valence-electron chi connectivity index (χ0n) is 17.9. The van der Waals surface area contributed by atoms with Gasteiger partial charge < -0.3 is 18.9 Å². The van der Waals surface area contributed by atoms with Gasteiger partial charge >= 0.3 is 4.87 Å². The largest absolute Gasteiger partial charge is 0.493 e. The second-order valence-electron chi connectivity index (χ2n) is 7.56. The molecule has 0 radical (unpaired) electrons. The molecule has 1 aliphatic heterocycles. The number of aromatic nitrogens is 1. The number of benzene rings is 1. The Hall–Kier alpha value is -2.58. The number of methoxy groups -OCH3 is 2. The molecule has 1 aromatic carbocycles. The third-order valence-corrected chi connectivity index (χ3v) is 7.56. The van der Waals surface area contributed by atoms with E-state index in [4.69, 9.17) is 9.47 Å². The summed E-state index contributed by atoms with van der Waals surface area (Å²) in [5.41, 5.74) is 3.22. The number of fused-ring (bicyclic) bond motifs is 1. The van der Waals surface area contributed by atoms with Crippen LogP contribution in [-0.2, 0) is 17.8 Å². The van der Waals surface area contributed by atoms with Gasteiger partial charge in [0.15, 0.2) is 11.5 Å². The summed E-state index contributed by atoms with van der Waals surface area (Å²) in [4.78, 5) is 28.4. The second-order valence-corrected chi connectivity index (χ2v) is 9.36. The molecule has 164 valence electrons. The van der Waals surface area contributed by atoms with Crippen LogP contribution in [0.25, 0.3) is 0 Å². The molecule has 0 unspecified atom stereocenters. The fourth-order valence-electron chi connectivity index (χ4n) is 4.17. The smallest absolute Gasteiger partial charge is 0.307 e. The molecule has 31 heavy (non-hydrogen) atoms. The number of ether oxygens (including phenoxy) is 2. The maximum atomic E-state index is 13.3. The van der Waals surface area contributed by atoms with Crippen molar-refractivity contribution in [3.05, 3.63) is 66.4 Å². The molecule has 0 saturated carbocycles. The predicted octanol–water partition coefficient (Wildman–Crippen LogP) is 4.25. The van der Waals surface area contributed by atoms with E-state index in [1.807, 2.05) is 40.8 Å². The first kappa shape index (κ1) is 21.6. The van der Waals surface area contributed by atoms with E-state index in [9.17, 15) is 9.59 Å². The maximum Gasteiger partial charge on any atom is 0.307 e. The number of thiazole rings is 1. The molecule has 1 atom stereocenters. The van der Waals surface area contributed by atoms with Crippen molar-refractivity contribution in [3.8, 4) is 11.5 Å². The minimum Gasteiger partial charge on any atom is -0.493 e.